The zero-order valence-electron chi connectivity index (χ0n) is 12.2. The zero-order chi connectivity index (χ0) is 15.2. The summed E-state index contributed by atoms with van der Waals surface area (Å²) in [4.78, 5) is 11.4. The van der Waals surface area contributed by atoms with Crippen molar-refractivity contribution in [1.29, 1.82) is 0 Å². The van der Waals surface area contributed by atoms with Crippen LogP contribution in [0.4, 0.5) is 5.69 Å². The highest BCUT2D eigenvalue weighted by atomic mass is 16.1. The molecule has 21 heavy (non-hydrogen) atoms. The quantitative estimate of drug-likeness (QED) is 0.760. The Balaban J connectivity index is 2.08. The first-order valence-corrected chi connectivity index (χ1v) is 7.02. The van der Waals surface area contributed by atoms with Crippen LogP contribution in [-0.4, -0.2) is 12.5 Å². The predicted octanol–water partition coefficient (Wildman–Crippen LogP) is 2.21. The molecule has 4 heteroatoms. The number of hydrogen-bond donors (Lipinski definition) is 3. The molecule has 0 saturated carbocycles. The van der Waals surface area contributed by atoms with Gasteiger partial charge in [-0.3, -0.25) is 4.79 Å². The molecule has 0 heterocycles. The van der Waals surface area contributed by atoms with Gasteiger partial charge in [0.25, 0.3) is 5.91 Å². The molecule has 0 unspecified atom stereocenters. The van der Waals surface area contributed by atoms with Crippen molar-refractivity contribution in [1.82, 2.24) is 0 Å². The lowest BCUT2D eigenvalue weighted by Gasteiger charge is -2.11. The summed E-state index contributed by atoms with van der Waals surface area (Å²) in [5, 5.41) is 3.28. The van der Waals surface area contributed by atoms with Crippen molar-refractivity contribution >= 4 is 11.6 Å². The molecule has 5 N–H and O–H groups in total. The van der Waals surface area contributed by atoms with Crippen molar-refractivity contribution in [2.75, 3.05) is 11.9 Å². The lowest BCUT2D eigenvalue weighted by molar-refractivity contribution is 0.100. The normalized spacial score (nSPS) is 10.4. The van der Waals surface area contributed by atoms with E-state index in [2.05, 4.69) is 29.6 Å². The van der Waals surface area contributed by atoms with Gasteiger partial charge in [-0.1, -0.05) is 30.3 Å². The minimum atomic E-state index is -0.421. The number of primary amides is 1. The molecule has 0 bridgehead atoms. The standard InChI is InChI=1S/C17H21N3O/c1-12-2-7-15(17(19)21)16(10-12)20-11-14-5-3-13(4-6-14)8-9-18/h2-7,10,20H,8-9,11,18H2,1H3,(H2,19,21). The largest absolute Gasteiger partial charge is 0.380 e. The molecule has 0 aromatic heterocycles. The summed E-state index contributed by atoms with van der Waals surface area (Å²) >= 11 is 0. The van der Waals surface area contributed by atoms with Gasteiger partial charge in [0.2, 0.25) is 0 Å². The number of carbonyl (C=O) groups is 1. The lowest BCUT2D eigenvalue weighted by Crippen LogP contribution is -2.14. The highest BCUT2D eigenvalue weighted by Crippen LogP contribution is 2.18. The van der Waals surface area contributed by atoms with Gasteiger partial charge in [0, 0.05) is 12.2 Å². The smallest absolute Gasteiger partial charge is 0.250 e. The maximum absolute atomic E-state index is 11.4. The molecule has 0 spiro atoms. The van der Waals surface area contributed by atoms with E-state index in [1.54, 1.807) is 6.07 Å². The van der Waals surface area contributed by atoms with E-state index in [0.717, 1.165) is 23.2 Å². The Labute approximate surface area is 125 Å². The van der Waals surface area contributed by atoms with Gasteiger partial charge in [-0.05, 0) is 48.7 Å². The van der Waals surface area contributed by atoms with Gasteiger partial charge in [-0.2, -0.15) is 0 Å². The van der Waals surface area contributed by atoms with E-state index in [0.29, 0.717) is 18.7 Å². The average Bonchev–Trinajstić information content (AvgIpc) is 2.46. The Hall–Kier alpha value is -2.33. The number of amides is 1. The van der Waals surface area contributed by atoms with Crippen molar-refractivity contribution in [2.45, 2.75) is 19.9 Å². The number of carbonyl (C=O) groups excluding carboxylic acids is 1. The Kier molecular flexibility index (Phi) is 4.95. The fourth-order valence-corrected chi connectivity index (χ4v) is 2.21. The van der Waals surface area contributed by atoms with E-state index in [-0.39, 0.29) is 0 Å². The molecule has 110 valence electrons. The second-order valence-electron chi connectivity index (χ2n) is 5.12. The van der Waals surface area contributed by atoms with Gasteiger partial charge in [-0.15, -0.1) is 0 Å². The Bertz CT molecular complexity index is 620. The molecule has 0 radical (unpaired) electrons. The summed E-state index contributed by atoms with van der Waals surface area (Å²) in [5.41, 5.74) is 15.7. The maximum atomic E-state index is 11.4. The minimum Gasteiger partial charge on any atom is -0.380 e. The van der Waals surface area contributed by atoms with Gasteiger partial charge < -0.3 is 16.8 Å². The second-order valence-corrected chi connectivity index (χ2v) is 5.12. The summed E-state index contributed by atoms with van der Waals surface area (Å²) in [6.45, 7) is 3.28. The molecule has 1 amide bonds. The van der Waals surface area contributed by atoms with Gasteiger partial charge >= 0.3 is 0 Å². The van der Waals surface area contributed by atoms with Crippen LogP contribution in [0.25, 0.3) is 0 Å². The molecule has 4 nitrogen and oxygen atoms in total. The summed E-state index contributed by atoms with van der Waals surface area (Å²) in [6.07, 6.45) is 0.886. The first-order valence-electron chi connectivity index (χ1n) is 7.02. The first kappa shape index (κ1) is 15.1. The van der Waals surface area contributed by atoms with E-state index in [1.165, 1.54) is 5.56 Å². The van der Waals surface area contributed by atoms with E-state index >= 15 is 0 Å². The summed E-state index contributed by atoms with van der Waals surface area (Å²) in [5.74, 6) is -0.421. The minimum absolute atomic E-state index is 0.421. The predicted molar refractivity (Wildman–Crippen MR) is 86.2 cm³/mol. The average molecular weight is 283 g/mol. The van der Waals surface area contributed by atoms with Crippen LogP contribution in [0.15, 0.2) is 42.5 Å². The number of rotatable bonds is 6. The van der Waals surface area contributed by atoms with Crippen LogP contribution in [0.3, 0.4) is 0 Å². The Morgan fingerprint density at radius 3 is 2.38 bits per heavy atom. The van der Waals surface area contributed by atoms with Crippen LogP contribution in [-0.2, 0) is 13.0 Å². The van der Waals surface area contributed by atoms with Crippen molar-refractivity contribution in [3.05, 3.63) is 64.7 Å². The number of nitrogens with one attached hydrogen (secondary N) is 1. The molecule has 2 aromatic rings. The second kappa shape index (κ2) is 6.90. The fraction of sp³-hybridized carbons (Fsp3) is 0.235. The van der Waals surface area contributed by atoms with Crippen LogP contribution in [0, 0.1) is 6.92 Å². The summed E-state index contributed by atoms with van der Waals surface area (Å²) in [6, 6.07) is 13.9. The van der Waals surface area contributed by atoms with Gasteiger partial charge in [0.05, 0.1) is 5.56 Å². The SMILES string of the molecule is Cc1ccc(C(N)=O)c(NCc2ccc(CCN)cc2)c1. The third-order valence-corrected chi connectivity index (χ3v) is 3.38. The van der Waals surface area contributed by atoms with Crippen molar-refractivity contribution < 1.29 is 4.79 Å². The summed E-state index contributed by atoms with van der Waals surface area (Å²) in [7, 11) is 0. The van der Waals surface area contributed by atoms with Crippen molar-refractivity contribution in [2.24, 2.45) is 11.5 Å². The Morgan fingerprint density at radius 1 is 1.10 bits per heavy atom. The molecule has 0 fully saturated rings. The molecule has 0 aliphatic rings. The lowest BCUT2D eigenvalue weighted by atomic mass is 10.1. The molecular formula is C17H21N3O. The van der Waals surface area contributed by atoms with E-state index in [9.17, 15) is 4.79 Å². The van der Waals surface area contributed by atoms with Crippen LogP contribution >= 0.6 is 0 Å². The molecule has 0 atom stereocenters. The van der Waals surface area contributed by atoms with Crippen LogP contribution < -0.4 is 16.8 Å². The molecule has 2 aromatic carbocycles. The van der Waals surface area contributed by atoms with Crippen LogP contribution in [0.2, 0.25) is 0 Å². The number of anilines is 1. The topological polar surface area (TPSA) is 81.1 Å². The van der Waals surface area contributed by atoms with E-state index in [1.807, 2.05) is 19.1 Å². The summed E-state index contributed by atoms with van der Waals surface area (Å²) < 4.78 is 0. The highest BCUT2D eigenvalue weighted by molar-refractivity contribution is 5.98. The van der Waals surface area contributed by atoms with E-state index in [4.69, 9.17) is 11.5 Å². The Morgan fingerprint density at radius 2 is 1.76 bits per heavy atom. The molecule has 2 rings (SSSR count). The first-order chi connectivity index (χ1) is 10.1. The van der Waals surface area contributed by atoms with Gasteiger partial charge in [-0.25, -0.2) is 0 Å². The third kappa shape index (κ3) is 4.07. The number of hydrogen-bond acceptors (Lipinski definition) is 3. The maximum Gasteiger partial charge on any atom is 0.250 e. The third-order valence-electron chi connectivity index (χ3n) is 3.38. The highest BCUT2D eigenvalue weighted by Gasteiger charge is 2.07. The molecular weight excluding hydrogens is 262 g/mol. The molecule has 0 aliphatic heterocycles. The fourth-order valence-electron chi connectivity index (χ4n) is 2.21. The van der Waals surface area contributed by atoms with Crippen molar-refractivity contribution in [3.63, 3.8) is 0 Å². The van der Waals surface area contributed by atoms with Crippen LogP contribution in [0.1, 0.15) is 27.0 Å². The monoisotopic (exact) mass is 283 g/mol. The number of benzene rings is 2. The van der Waals surface area contributed by atoms with Gasteiger partial charge in [0.1, 0.15) is 0 Å². The van der Waals surface area contributed by atoms with Crippen molar-refractivity contribution in [3.8, 4) is 0 Å². The number of nitrogens with two attached hydrogens (primary N) is 2. The zero-order valence-corrected chi connectivity index (χ0v) is 12.2. The molecule has 0 aliphatic carbocycles. The van der Waals surface area contributed by atoms with Gasteiger partial charge in [0.15, 0.2) is 0 Å². The van der Waals surface area contributed by atoms with Crippen LogP contribution in [0.5, 0.6) is 0 Å². The number of aryl methyl sites for hydroxylation is 1. The molecule has 0 saturated heterocycles. The van der Waals surface area contributed by atoms with E-state index < -0.39 is 5.91 Å².